The summed E-state index contributed by atoms with van der Waals surface area (Å²) >= 11 is 3.62. The fourth-order valence-corrected chi connectivity index (χ4v) is 4.54. The minimum atomic E-state index is 0.338. The molecule has 19 heavy (non-hydrogen) atoms. The number of aryl methyl sites for hydroxylation is 1. The van der Waals surface area contributed by atoms with Crippen molar-refractivity contribution in [1.29, 1.82) is 0 Å². The molecule has 2 aromatic rings. The minimum Gasteiger partial charge on any atom is -0.339 e. The van der Waals surface area contributed by atoms with Crippen LogP contribution in [0.5, 0.6) is 0 Å². The van der Waals surface area contributed by atoms with Crippen molar-refractivity contribution in [2.75, 3.05) is 18.1 Å². The zero-order valence-corrected chi connectivity index (χ0v) is 12.7. The summed E-state index contributed by atoms with van der Waals surface area (Å²) in [6, 6.07) is 0.451. The quantitative estimate of drug-likeness (QED) is 0.940. The van der Waals surface area contributed by atoms with E-state index in [4.69, 9.17) is 4.52 Å². The molecule has 3 rings (SSSR count). The van der Waals surface area contributed by atoms with Gasteiger partial charge < -0.3 is 9.84 Å². The summed E-state index contributed by atoms with van der Waals surface area (Å²) in [4.78, 5) is 4.60. The van der Waals surface area contributed by atoms with Crippen LogP contribution in [0, 0.1) is 6.92 Å². The number of rotatable bonds is 4. The lowest BCUT2D eigenvalue weighted by Crippen LogP contribution is -2.34. The smallest absolute Gasteiger partial charge is 0.232 e. The van der Waals surface area contributed by atoms with E-state index in [0.717, 1.165) is 35.3 Å². The van der Waals surface area contributed by atoms with Crippen LogP contribution in [-0.2, 0) is 0 Å². The SMILES string of the molecule is CCNC1CSCC1c1nc(-c2cscc2C)no1. The Balaban J connectivity index is 1.83. The van der Waals surface area contributed by atoms with Gasteiger partial charge in [-0.1, -0.05) is 12.1 Å². The van der Waals surface area contributed by atoms with Gasteiger partial charge in [0.25, 0.3) is 0 Å². The van der Waals surface area contributed by atoms with Gasteiger partial charge in [0.2, 0.25) is 11.7 Å². The number of hydrogen-bond donors (Lipinski definition) is 1. The summed E-state index contributed by atoms with van der Waals surface area (Å²) in [5, 5.41) is 11.8. The van der Waals surface area contributed by atoms with E-state index in [1.165, 1.54) is 5.56 Å². The van der Waals surface area contributed by atoms with E-state index >= 15 is 0 Å². The van der Waals surface area contributed by atoms with E-state index in [0.29, 0.717) is 12.0 Å². The third-order valence-electron chi connectivity index (χ3n) is 3.40. The molecule has 0 spiro atoms. The number of nitrogens with zero attached hydrogens (tertiary/aromatic N) is 2. The van der Waals surface area contributed by atoms with Crippen molar-refractivity contribution in [3.63, 3.8) is 0 Å². The first-order chi connectivity index (χ1) is 9.29. The van der Waals surface area contributed by atoms with Crippen LogP contribution in [0.15, 0.2) is 15.3 Å². The lowest BCUT2D eigenvalue weighted by Gasteiger charge is -2.15. The van der Waals surface area contributed by atoms with Crippen molar-refractivity contribution in [2.45, 2.75) is 25.8 Å². The fourth-order valence-electron chi connectivity index (χ4n) is 2.35. The molecule has 0 aliphatic carbocycles. The van der Waals surface area contributed by atoms with Crippen molar-refractivity contribution in [1.82, 2.24) is 15.5 Å². The highest BCUT2D eigenvalue weighted by Gasteiger charge is 2.33. The highest BCUT2D eigenvalue weighted by molar-refractivity contribution is 7.99. The fraction of sp³-hybridized carbons (Fsp3) is 0.538. The van der Waals surface area contributed by atoms with Crippen molar-refractivity contribution in [3.05, 3.63) is 22.2 Å². The normalized spacial score (nSPS) is 23.1. The molecule has 1 fully saturated rings. The third kappa shape index (κ3) is 2.57. The molecule has 1 saturated heterocycles. The second-order valence-electron chi connectivity index (χ2n) is 4.73. The lowest BCUT2D eigenvalue weighted by atomic mass is 10.0. The lowest BCUT2D eigenvalue weighted by molar-refractivity contribution is 0.340. The van der Waals surface area contributed by atoms with Gasteiger partial charge in [-0.15, -0.1) is 0 Å². The Labute approximate surface area is 121 Å². The summed E-state index contributed by atoms with van der Waals surface area (Å²) in [5.41, 5.74) is 2.30. The Morgan fingerprint density at radius 3 is 3.05 bits per heavy atom. The van der Waals surface area contributed by atoms with Crippen LogP contribution in [0.25, 0.3) is 11.4 Å². The van der Waals surface area contributed by atoms with Crippen molar-refractivity contribution in [2.24, 2.45) is 0 Å². The molecule has 1 aliphatic heterocycles. The van der Waals surface area contributed by atoms with Crippen molar-refractivity contribution < 1.29 is 4.52 Å². The number of thioether (sulfide) groups is 1. The average molecular weight is 295 g/mol. The molecule has 0 amide bonds. The Bertz CT molecular complexity index is 552. The Morgan fingerprint density at radius 2 is 2.32 bits per heavy atom. The molecule has 102 valence electrons. The van der Waals surface area contributed by atoms with E-state index < -0.39 is 0 Å². The molecule has 1 N–H and O–H groups in total. The topological polar surface area (TPSA) is 51.0 Å². The van der Waals surface area contributed by atoms with E-state index in [1.807, 2.05) is 11.8 Å². The molecule has 0 aromatic carbocycles. The summed E-state index contributed by atoms with van der Waals surface area (Å²) in [6.07, 6.45) is 0. The van der Waals surface area contributed by atoms with Crippen molar-refractivity contribution in [3.8, 4) is 11.4 Å². The van der Waals surface area contributed by atoms with Gasteiger partial charge in [-0.25, -0.2) is 0 Å². The molecule has 0 radical (unpaired) electrons. The largest absolute Gasteiger partial charge is 0.339 e. The highest BCUT2D eigenvalue weighted by atomic mass is 32.2. The summed E-state index contributed by atoms with van der Waals surface area (Å²) in [6.45, 7) is 5.19. The third-order valence-corrected chi connectivity index (χ3v) is 5.45. The number of thiophene rings is 1. The van der Waals surface area contributed by atoms with Crippen molar-refractivity contribution >= 4 is 23.1 Å². The molecule has 3 heterocycles. The second kappa shape index (κ2) is 5.64. The summed E-state index contributed by atoms with van der Waals surface area (Å²) in [7, 11) is 0. The molecule has 6 heteroatoms. The molecule has 2 aromatic heterocycles. The zero-order valence-electron chi connectivity index (χ0n) is 11.0. The second-order valence-corrected chi connectivity index (χ2v) is 6.55. The monoisotopic (exact) mass is 295 g/mol. The first-order valence-electron chi connectivity index (χ1n) is 6.47. The average Bonchev–Trinajstić information content (AvgIpc) is 3.08. The Hall–Kier alpha value is -0.850. The van der Waals surface area contributed by atoms with Gasteiger partial charge in [0, 0.05) is 28.5 Å². The van der Waals surface area contributed by atoms with E-state index in [-0.39, 0.29) is 0 Å². The van der Waals surface area contributed by atoms with Gasteiger partial charge in [-0.2, -0.15) is 28.1 Å². The summed E-state index contributed by atoms with van der Waals surface area (Å²) < 4.78 is 5.49. The number of hydrogen-bond acceptors (Lipinski definition) is 6. The molecule has 4 nitrogen and oxygen atoms in total. The standard InChI is InChI=1S/C13H17N3OS2/c1-3-14-11-7-19-6-10(11)13-15-12(16-17-13)9-5-18-4-8(9)2/h4-5,10-11,14H,3,6-7H2,1-2H3. The highest BCUT2D eigenvalue weighted by Crippen LogP contribution is 2.33. The van der Waals surface area contributed by atoms with Crippen LogP contribution in [0.4, 0.5) is 0 Å². The number of nitrogens with one attached hydrogen (secondary N) is 1. The molecule has 2 unspecified atom stereocenters. The first-order valence-corrected chi connectivity index (χ1v) is 8.57. The van der Waals surface area contributed by atoms with E-state index in [1.54, 1.807) is 11.3 Å². The predicted molar refractivity (Wildman–Crippen MR) is 79.9 cm³/mol. The molecule has 2 atom stereocenters. The maximum absolute atomic E-state index is 5.49. The molecular formula is C13H17N3OS2. The van der Waals surface area contributed by atoms with Crippen LogP contribution < -0.4 is 5.32 Å². The van der Waals surface area contributed by atoms with Crippen LogP contribution >= 0.6 is 23.1 Å². The van der Waals surface area contributed by atoms with E-state index in [9.17, 15) is 0 Å². The number of aromatic nitrogens is 2. The van der Waals surface area contributed by atoms with Crippen LogP contribution in [0.3, 0.4) is 0 Å². The molecule has 0 bridgehead atoms. The van der Waals surface area contributed by atoms with Gasteiger partial charge in [-0.3, -0.25) is 0 Å². The van der Waals surface area contributed by atoms with Gasteiger partial charge >= 0.3 is 0 Å². The maximum atomic E-state index is 5.49. The first kappa shape index (κ1) is 13.1. The molecule has 1 aliphatic rings. The van der Waals surface area contributed by atoms with Gasteiger partial charge in [0.1, 0.15) is 0 Å². The summed E-state index contributed by atoms with van der Waals surface area (Å²) in [5.74, 6) is 4.01. The van der Waals surface area contributed by atoms with Crippen LogP contribution in [-0.4, -0.2) is 34.2 Å². The molecule has 0 saturated carbocycles. The Kier molecular flexibility index (Phi) is 3.91. The van der Waals surface area contributed by atoms with Gasteiger partial charge in [-0.05, 0) is 24.4 Å². The van der Waals surface area contributed by atoms with Crippen LogP contribution in [0.1, 0.15) is 24.3 Å². The Morgan fingerprint density at radius 1 is 1.42 bits per heavy atom. The predicted octanol–water partition coefficient (Wildman–Crippen LogP) is 2.92. The zero-order chi connectivity index (χ0) is 13.2. The minimum absolute atomic E-state index is 0.338. The van der Waals surface area contributed by atoms with E-state index in [2.05, 4.69) is 40.1 Å². The maximum Gasteiger partial charge on any atom is 0.232 e. The van der Waals surface area contributed by atoms with Gasteiger partial charge in [0.05, 0.1) is 5.92 Å². The molecular weight excluding hydrogens is 278 g/mol. The van der Waals surface area contributed by atoms with Gasteiger partial charge in [0.15, 0.2) is 0 Å². The van der Waals surface area contributed by atoms with Crippen LogP contribution in [0.2, 0.25) is 0 Å². The number of likely N-dealkylation sites (N-methyl/N-ethyl adjacent to an activating group) is 1.